The fraction of sp³-hybridized carbons (Fsp3) is 0.278. The molecular formula is C18H22FN3O. The summed E-state index contributed by atoms with van der Waals surface area (Å²) in [5.41, 5.74) is 8.73. The van der Waals surface area contributed by atoms with E-state index in [9.17, 15) is 4.39 Å². The molecule has 0 amide bonds. The lowest BCUT2D eigenvalue weighted by Crippen LogP contribution is -2.22. The molecular weight excluding hydrogens is 293 g/mol. The van der Waals surface area contributed by atoms with Crippen molar-refractivity contribution < 1.29 is 9.13 Å². The zero-order valence-electron chi connectivity index (χ0n) is 13.5. The van der Waals surface area contributed by atoms with Crippen molar-refractivity contribution in [2.24, 2.45) is 10.7 Å². The molecule has 0 heterocycles. The molecule has 0 aliphatic carbocycles. The van der Waals surface area contributed by atoms with Gasteiger partial charge in [-0.15, -0.1) is 0 Å². The van der Waals surface area contributed by atoms with Gasteiger partial charge < -0.3 is 15.8 Å². The summed E-state index contributed by atoms with van der Waals surface area (Å²) in [6.07, 6.45) is 0.956. The van der Waals surface area contributed by atoms with Crippen LogP contribution >= 0.6 is 0 Å². The van der Waals surface area contributed by atoms with E-state index in [2.05, 4.69) is 23.3 Å². The Balaban J connectivity index is 2.00. The highest BCUT2D eigenvalue weighted by molar-refractivity contribution is 5.92. The van der Waals surface area contributed by atoms with Gasteiger partial charge in [0.2, 0.25) is 0 Å². The van der Waals surface area contributed by atoms with Gasteiger partial charge in [0.05, 0.1) is 13.2 Å². The Hall–Kier alpha value is -2.56. The number of rotatable bonds is 6. The second-order valence-electron chi connectivity index (χ2n) is 5.08. The van der Waals surface area contributed by atoms with Crippen LogP contribution < -0.4 is 15.8 Å². The maximum absolute atomic E-state index is 13.8. The lowest BCUT2D eigenvalue weighted by atomic mass is 10.1. The molecule has 122 valence electrons. The van der Waals surface area contributed by atoms with Crippen LogP contribution in [0.1, 0.15) is 25.0 Å². The highest BCUT2D eigenvalue weighted by Gasteiger charge is 2.04. The summed E-state index contributed by atoms with van der Waals surface area (Å²) >= 11 is 0. The van der Waals surface area contributed by atoms with Crippen molar-refractivity contribution in [3.8, 4) is 5.75 Å². The molecule has 0 aliphatic heterocycles. The first-order chi connectivity index (χ1) is 11.1. The van der Waals surface area contributed by atoms with Crippen molar-refractivity contribution in [3.63, 3.8) is 0 Å². The predicted octanol–water partition coefficient (Wildman–Crippen LogP) is 3.71. The van der Waals surface area contributed by atoms with Crippen molar-refractivity contribution in [1.82, 2.24) is 0 Å². The predicted molar refractivity (Wildman–Crippen MR) is 92.3 cm³/mol. The minimum Gasteiger partial charge on any atom is -0.491 e. The number of nitrogens with one attached hydrogen (secondary N) is 1. The summed E-state index contributed by atoms with van der Waals surface area (Å²) in [6, 6.07) is 12.8. The van der Waals surface area contributed by atoms with Crippen LogP contribution in [-0.2, 0) is 13.0 Å². The Labute approximate surface area is 136 Å². The van der Waals surface area contributed by atoms with E-state index < -0.39 is 0 Å². The molecule has 0 bridgehead atoms. The van der Waals surface area contributed by atoms with Crippen molar-refractivity contribution in [2.45, 2.75) is 26.8 Å². The van der Waals surface area contributed by atoms with Gasteiger partial charge in [0, 0.05) is 5.69 Å². The second kappa shape index (κ2) is 8.17. The molecule has 0 aromatic heterocycles. The number of hydrogen-bond acceptors (Lipinski definition) is 2. The van der Waals surface area contributed by atoms with E-state index in [0.29, 0.717) is 19.1 Å². The smallest absolute Gasteiger partial charge is 0.193 e. The van der Waals surface area contributed by atoms with E-state index in [-0.39, 0.29) is 11.6 Å². The summed E-state index contributed by atoms with van der Waals surface area (Å²) in [5, 5.41) is 3.04. The Morgan fingerprint density at radius 2 is 2.00 bits per heavy atom. The topological polar surface area (TPSA) is 59.6 Å². The first-order valence-electron chi connectivity index (χ1n) is 7.69. The molecule has 2 aromatic carbocycles. The average molecular weight is 315 g/mol. The Morgan fingerprint density at radius 1 is 1.17 bits per heavy atom. The number of anilines is 1. The second-order valence-corrected chi connectivity index (χ2v) is 5.08. The zero-order chi connectivity index (χ0) is 16.7. The average Bonchev–Trinajstić information content (AvgIpc) is 2.55. The fourth-order valence-electron chi connectivity index (χ4n) is 2.15. The van der Waals surface area contributed by atoms with Crippen LogP contribution in [0.5, 0.6) is 5.75 Å². The Morgan fingerprint density at radius 3 is 2.70 bits per heavy atom. The molecule has 4 nitrogen and oxygen atoms in total. The molecule has 0 saturated carbocycles. The quantitative estimate of drug-likeness (QED) is 0.631. The number of hydrogen-bond donors (Lipinski definition) is 2. The monoisotopic (exact) mass is 315 g/mol. The van der Waals surface area contributed by atoms with Crippen molar-refractivity contribution in [2.75, 3.05) is 11.9 Å². The highest BCUT2D eigenvalue weighted by Crippen LogP contribution is 2.18. The van der Waals surface area contributed by atoms with E-state index in [1.54, 1.807) is 12.1 Å². The third-order valence-corrected chi connectivity index (χ3v) is 3.34. The third-order valence-electron chi connectivity index (χ3n) is 3.34. The fourth-order valence-corrected chi connectivity index (χ4v) is 2.15. The van der Waals surface area contributed by atoms with Gasteiger partial charge in [-0.05, 0) is 48.7 Å². The minimum absolute atomic E-state index is 0.253. The summed E-state index contributed by atoms with van der Waals surface area (Å²) < 4.78 is 18.9. The number of halogens is 1. The van der Waals surface area contributed by atoms with Crippen LogP contribution in [0, 0.1) is 5.82 Å². The molecule has 0 saturated heterocycles. The molecule has 2 rings (SSSR count). The molecule has 5 heteroatoms. The molecule has 0 spiro atoms. The lowest BCUT2D eigenvalue weighted by Gasteiger charge is -2.08. The van der Waals surface area contributed by atoms with E-state index in [0.717, 1.165) is 17.7 Å². The van der Waals surface area contributed by atoms with E-state index in [1.807, 2.05) is 25.1 Å². The van der Waals surface area contributed by atoms with Gasteiger partial charge in [0.15, 0.2) is 17.5 Å². The molecule has 0 atom stereocenters. The number of benzene rings is 2. The maximum atomic E-state index is 13.8. The number of nitrogens with zero attached hydrogens (tertiary/aromatic N) is 1. The lowest BCUT2D eigenvalue weighted by molar-refractivity contribution is 0.321. The third kappa shape index (κ3) is 4.98. The van der Waals surface area contributed by atoms with E-state index in [1.165, 1.54) is 11.6 Å². The van der Waals surface area contributed by atoms with Crippen LogP contribution in [0.25, 0.3) is 0 Å². The molecule has 23 heavy (non-hydrogen) atoms. The normalized spacial score (nSPS) is 11.3. The van der Waals surface area contributed by atoms with Crippen molar-refractivity contribution in [3.05, 3.63) is 59.4 Å². The maximum Gasteiger partial charge on any atom is 0.193 e. The van der Waals surface area contributed by atoms with Crippen molar-refractivity contribution in [1.29, 1.82) is 0 Å². The van der Waals surface area contributed by atoms with Crippen molar-refractivity contribution >= 4 is 11.6 Å². The number of nitrogens with two attached hydrogens (primary N) is 1. The Bertz CT molecular complexity index is 686. The summed E-state index contributed by atoms with van der Waals surface area (Å²) in [7, 11) is 0. The zero-order valence-corrected chi connectivity index (χ0v) is 13.5. The van der Waals surface area contributed by atoms with E-state index in [4.69, 9.17) is 10.5 Å². The number of aliphatic imine (C=N–C) groups is 1. The molecule has 0 unspecified atom stereocenters. The summed E-state index contributed by atoms with van der Waals surface area (Å²) in [6.45, 7) is 4.65. The van der Waals surface area contributed by atoms with Crippen LogP contribution in [0.15, 0.2) is 47.5 Å². The minimum atomic E-state index is -0.387. The standard InChI is InChI=1S/C18H22FN3O/c1-3-13-6-5-7-15(10-13)22-18(20)21-12-14-8-9-17(23-4-2)16(19)11-14/h5-11H,3-4,12H2,1-2H3,(H3,20,21,22). The number of guanidine groups is 1. The highest BCUT2D eigenvalue weighted by atomic mass is 19.1. The molecule has 0 fully saturated rings. The summed E-state index contributed by atoms with van der Waals surface area (Å²) in [5.74, 6) is 0.164. The number of aryl methyl sites for hydroxylation is 1. The molecule has 3 N–H and O–H groups in total. The largest absolute Gasteiger partial charge is 0.491 e. The van der Waals surface area contributed by atoms with Gasteiger partial charge in [-0.25, -0.2) is 9.38 Å². The van der Waals surface area contributed by atoms with Gasteiger partial charge in [0.25, 0.3) is 0 Å². The van der Waals surface area contributed by atoms with Crippen LogP contribution in [0.3, 0.4) is 0 Å². The first kappa shape index (κ1) is 16.8. The van der Waals surface area contributed by atoms with Crippen LogP contribution in [0.4, 0.5) is 10.1 Å². The van der Waals surface area contributed by atoms with Gasteiger partial charge in [-0.3, -0.25) is 0 Å². The van der Waals surface area contributed by atoms with Gasteiger partial charge in [0.1, 0.15) is 0 Å². The number of ether oxygens (including phenoxy) is 1. The first-order valence-corrected chi connectivity index (χ1v) is 7.69. The molecule has 0 aliphatic rings. The van der Waals surface area contributed by atoms with Gasteiger partial charge in [-0.2, -0.15) is 0 Å². The van der Waals surface area contributed by atoms with E-state index >= 15 is 0 Å². The van der Waals surface area contributed by atoms with Crippen LogP contribution in [-0.4, -0.2) is 12.6 Å². The Kier molecular flexibility index (Phi) is 5.97. The summed E-state index contributed by atoms with van der Waals surface area (Å²) in [4.78, 5) is 4.24. The molecule has 0 radical (unpaired) electrons. The van der Waals surface area contributed by atoms with Gasteiger partial charge in [-0.1, -0.05) is 25.1 Å². The van der Waals surface area contributed by atoms with Crippen LogP contribution in [0.2, 0.25) is 0 Å². The van der Waals surface area contributed by atoms with Gasteiger partial charge >= 0.3 is 0 Å². The molecule has 2 aromatic rings. The SMILES string of the molecule is CCOc1ccc(CN=C(N)Nc2cccc(CC)c2)cc1F.